The van der Waals surface area contributed by atoms with Crippen LogP contribution >= 0.6 is 0 Å². The molecule has 152 valence electrons. The number of Topliss-reactive ketones (excluding diaryl/α,β-unsaturated/α-hetero) is 1. The van der Waals surface area contributed by atoms with E-state index >= 15 is 0 Å². The summed E-state index contributed by atoms with van der Waals surface area (Å²) in [5.41, 5.74) is 1.96. The zero-order valence-electron chi connectivity index (χ0n) is 16.8. The van der Waals surface area contributed by atoms with Gasteiger partial charge in [-0.2, -0.15) is 4.21 Å². The normalized spacial score (nSPS) is 14.9. The molecule has 0 saturated carbocycles. The van der Waals surface area contributed by atoms with Gasteiger partial charge in [-0.25, -0.2) is 0 Å². The van der Waals surface area contributed by atoms with Gasteiger partial charge in [0, 0.05) is 25.0 Å². The average molecular weight is 421 g/mol. The Morgan fingerprint density at radius 3 is 2.32 bits per heavy atom. The quantitative estimate of drug-likeness (QED) is 0.440. The highest BCUT2D eigenvalue weighted by atomic mass is 32.2. The van der Waals surface area contributed by atoms with Gasteiger partial charge in [-0.1, -0.05) is 49.4 Å². The summed E-state index contributed by atoms with van der Waals surface area (Å²) in [5.74, 6) is 0.107. The summed E-state index contributed by atoms with van der Waals surface area (Å²) in [7, 11) is -0.399. The Hall–Kier alpha value is -1.80. The fraction of sp³-hybridized carbons (Fsp3) is 0.381. The molecule has 2 rings (SSSR count). The van der Waals surface area contributed by atoms with Gasteiger partial charge >= 0.3 is 11.4 Å². The minimum Gasteiger partial charge on any atom is -0.420 e. The lowest BCUT2D eigenvalue weighted by molar-refractivity contribution is -0.120. The molecular weight excluding hydrogens is 392 g/mol. The molecule has 7 heteroatoms. The first-order valence-corrected chi connectivity index (χ1v) is 13.3. The summed E-state index contributed by atoms with van der Waals surface area (Å²) in [6.07, 6.45) is 1.04. The molecule has 2 aromatic carbocycles. The number of rotatable bonds is 10. The Kier molecular flexibility index (Phi) is 8.12. The Morgan fingerprint density at radius 2 is 1.75 bits per heavy atom. The van der Waals surface area contributed by atoms with Gasteiger partial charge in [0.2, 0.25) is 0 Å². The molecule has 0 aliphatic heterocycles. The molecule has 2 aromatic rings. The van der Waals surface area contributed by atoms with Crippen LogP contribution in [0.1, 0.15) is 42.4 Å². The topological polar surface area (TPSA) is 72.8 Å². The summed E-state index contributed by atoms with van der Waals surface area (Å²) in [6, 6.07) is 16.9. The van der Waals surface area contributed by atoms with E-state index in [1.165, 1.54) is 0 Å². The number of hydrogen-bond acceptors (Lipinski definition) is 4. The van der Waals surface area contributed by atoms with E-state index in [-0.39, 0.29) is 23.0 Å². The van der Waals surface area contributed by atoms with Crippen molar-refractivity contribution in [3.8, 4) is 5.75 Å². The number of carbonyl (C=O) groups is 1. The molecule has 0 bridgehead atoms. The lowest BCUT2D eigenvalue weighted by Gasteiger charge is -2.32. The highest BCUT2D eigenvalue weighted by Gasteiger charge is 2.36. The molecule has 0 fully saturated rings. The van der Waals surface area contributed by atoms with Gasteiger partial charge in [0.1, 0.15) is 11.5 Å². The van der Waals surface area contributed by atoms with Gasteiger partial charge in [0.25, 0.3) is 0 Å². The minimum absolute atomic E-state index is 0.0460. The second kappa shape index (κ2) is 10.1. The van der Waals surface area contributed by atoms with Gasteiger partial charge in [-0.05, 0) is 42.8 Å². The van der Waals surface area contributed by atoms with E-state index in [4.69, 9.17) is 13.2 Å². The van der Waals surface area contributed by atoms with Crippen LogP contribution in [0.5, 0.6) is 5.75 Å². The van der Waals surface area contributed by atoms with E-state index < -0.39 is 19.7 Å². The van der Waals surface area contributed by atoms with Crippen LogP contribution in [-0.4, -0.2) is 30.0 Å². The third kappa shape index (κ3) is 5.85. The van der Waals surface area contributed by atoms with Crippen LogP contribution in [0.4, 0.5) is 0 Å². The van der Waals surface area contributed by atoms with E-state index in [0.717, 1.165) is 11.1 Å². The molecule has 3 unspecified atom stereocenters. The summed E-state index contributed by atoms with van der Waals surface area (Å²) in [6.45, 7) is 6.23. The Balaban J connectivity index is 2.29. The van der Waals surface area contributed by atoms with Crippen molar-refractivity contribution < 1.29 is 22.2 Å². The first-order chi connectivity index (χ1) is 13.3. The largest absolute Gasteiger partial charge is 0.420 e. The maximum atomic E-state index is 13.3. The number of ketones is 1. The number of carbonyl (C=O) groups excluding carboxylic acids is 1. The van der Waals surface area contributed by atoms with Crippen molar-refractivity contribution in [2.24, 2.45) is 0 Å². The molecule has 0 saturated heterocycles. The molecule has 0 heterocycles. The fourth-order valence-corrected chi connectivity index (χ4v) is 5.69. The van der Waals surface area contributed by atoms with Crippen molar-refractivity contribution in [2.75, 3.05) is 7.11 Å². The zero-order valence-corrected chi connectivity index (χ0v) is 18.6. The third-order valence-electron chi connectivity index (χ3n) is 5.20. The van der Waals surface area contributed by atoms with Crippen LogP contribution in [0, 0.1) is 0 Å². The Bertz CT molecular complexity index is 809. The molecule has 1 N–H and O–H groups in total. The predicted octanol–water partition coefficient (Wildman–Crippen LogP) is 4.83. The molecule has 5 nitrogen and oxygen atoms in total. The first kappa shape index (κ1) is 22.5. The third-order valence-corrected chi connectivity index (χ3v) is 8.80. The maximum Gasteiger partial charge on any atom is 0.357 e. The molecule has 0 amide bonds. The SMILES string of the molecule is CCC(C(=O)CC(c1ccccc1)[Si](C)(C)OC)c1cccc(OS(=O)O)c1. The standard InChI is InChI=1S/C21H28O5SSi/c1-5-19(17-12-9-13-18(14-17)26-27(23)24)20(22)15-21(28(3,4)25-2)16-10-7-6-8-11-16/h6-14,19,21H,5,15H2,1-4H3,(H,23,24). The van der Waals surface area contributed by atoms with Crippen LogP contribution in [0.25, 0.3) is 0 Å². The monoisotopic (exact) mass is 420 g/mol. The first-order valence-electron chi connectivity index (χ1n) is 9.30. The maximum absolute atomic E-state index is 13.3. The van der Waals surface area contributed by atoms with E-state index in [9.17, 15) is 9.00 Å². The molecule has 3 atom stereocenters. The van der Waals surface area contributed by atoms with Crippen molar-refractivity contribution in [2.45, 2.75) is 44.3 Å². The van der Waals surface area contributed by atoms with E-state index in [1.807, 2.05) is 31.2 Å². The predicted molar refractivity (Wildman–Crippen MR) is 114 cm³/mol. The minimum atomic E-state index is -2.39. The van der Waals surface area contributed by atoms with E-state index in [2.05, 4.69) is 25.2 Å². The lowest BCUT2D eigenvalue weighted by atomic mass is 9.89. The smallest absolute Gasteiger partial charge is 0.357 e. The van der Waals surface area contributed by atoms with Crippen molar-refractivity contribution in [1.82, 2.24) is 0 Å². The van der Waals surface area contributed by atoms with Gasteiger partial charge in [0.05, 0.1) is 0 Å². The van der Waals surface area contributed by atoms with Gasteiger partial charge in [-0.3, -0.25) is 9.35 Å². The second-order valence-electron chi connectivity index (χ2n) is 7.28. The summed E-state index contributed by atoms with van der Waals surface area (Å²) in [5, 5.41) is 0. The van der Waals surface area contributed by atoms with Crippen molar-refractivity contribution >= 4 is 25.5 Å². The Morgan fingerprint density at radius 1 is 1.11 bits per heavy atom. The van der Waals surface area contributed by atoms with E-state index in [0.29, 0.717) is 12.8 Å². The fourth-order valence-electron chi connectivity index (χ4n) is 3.45. The van der Waals surface area contributed by atoms with Crippen LogP contribution in [0.15, 0.2) is 54.6 Å². The van der Waals surface area contributed by atoms with Gasteiger partial charge in [-0.15, -0.1) is 0 Å². The lowest BCUT2D eigenvalue weighted by Crippen LogP contribution is -2.39. The summed E-state index contributed by atoms with van der Waals surface area (Å²) >= 11 is -2.39. The van der Waals surface area contributed by atoms with Gasteiger partial charge < -0.3 is 8.61 Å². The zero-order chi connectivity index (χ0) is 20.7. The molecule has 28 heavy (non-hydrogen) atoms. The van der Waals surface area contributed by atoms with Crippen LogP contribution in [0.2, 0.25) is 13.1 Å². The van der Waals surface area contributed by atoms with Crippen molar-refractivity contribution in [1.29, 1.82) is 0 Å². The molecule has 0 spiro atoms. The second-order valence-corrected chi connectivity index (χ2v) is 12.2. The molecular formula is C21H28O5SSi. The molecule has 0 aromatic heterocycles. The molecule has 0 aliphatic rings. The highest BCUT2D eigenvalue weighted by Crippen LogP contribution is 2.34. The molecule has 0 aliphatic carbocycles. The van der Waals surface area contributed by atoms with E-state index in [1.54, 1.807) is 25.3 Å². The van der Waals surface area contributed by atoms with Crippen molar-refractivity contribution in [3.05, 3.63) is 65.7 Å². The summed E-state index contributed by atoms with van der Waals surface area (Å²) < 4.78 is 30.5. The average Bonchev–Trinajstić information content (AvgIpc) is 2.67. The van der Waals surface area contributed by atoms with Crippen LogP contribution in [-0.2, 0) is 20.6 Å². The van der Waals surface area contributed by atoms with Crippen molar-refractivity contribution in [3.63, 3.8) is 0 Å². The molecule has 0 radical (unpaired) electrons. The highest BCUT2D eigenvalue weighted by molar-refractivity contribution is 7.74. The number of hydrogen-bond donors (Lipinski definition) is 1. The van der Waals surface area contributed by atoms with Crippen LogP contribution < -0.4 is 4.18 Å². The van der Waals surface area contributed by atoms with Crippen LogP contribution in [0.3, 0.4) is 0 Å². The number of benzene rings is 2. The Labute approximate surface area is 170 Å². The summed E-state index contributed by atoms with van der Waals surface area (Å²) in [4.78, 5) is 13.3. The van der Waals surface area contributed by atoms with Gasteiger partial charge in [0.15, 0.2) is 8.32 Å².